The maximum atomic E-state index is 13.0. The van der Waals surface area contributed by atoms with Crippen LogP contribution in [0.1, 0.15) is 5.76 Å². The molecule has 0 radical (unpaired) electrons. The van der Waals surface area contributed by atoms with Gasteiger partial charge in [0, 0.05) is 10.2 Å². The van der Waals surface area contributed by atoms with Gasteiger partial charge in [0.15, 0.2) is 0 Å². The second-order valence-corrected chi connectivity index (χ2v) is 4.01. The van der Waals surface area contributed by atoms with E-state index in [1.54, 1.807) is 6.26 Å². The summed E-state index contributed by atoms with van der Waals surface area (Å²) in [5.74, 6) is 0.543. The molecular formula is C11H9BrFNO. The smallest absolute Gasteiger partial charge is 0.126 e. The number of rotatable bonds is 3. The van der Waals surface area contributed by atoms with Crippen LogP contribution in [0.5, 0.6) is 0 Å². The Morgan fingerprint density at radius 3 is 2.87 bits per heavy atom. The van der Waals surface area contributed by atoms with E-state index in [-0.39, 0.29) is 5.82 Å². The molecule has 0 bridgehead atoms. The van der Waals surface area contributed by atoms with Gasteiger partial charge < -0.3 is 9.73 Å². The fraction of sp³-hybridized carbons (Fsp3) is 0.0909. The first kappa shape index (κ1) is 10.2. The lowest BCUT2D eigenvalue weighted by Gasteiger charge is -2.04. The van der Waals surface area contributed by atoms with Gasteiger partial charge in [-0.05, 0) is 30.3 Å². The van der Waals surface area contributed by atoms with Crippen molar-refractivity contribution < 1.29 is 8.81 Å². The molecule has 4 heteroatoms. The molecule has 0 aliphatic heterocycles. The topological polar surface area (TPSA) is 25.2 Å². The van der Waals surface area contributed by atoms with Crippen LogP contribution in [0.25, 0.3) is 0 Å². The standard InChI is InChI=1S/C11H9BrFNO/c12-8-4-9(13)6-10(5-8)14-7-11-2-1-3-15-11/h1-6,14H,7H2. The van der Waals surface area contributed by atoms with Crippen LogP contribution in [0.3, 0.4) is 0 Å². The summed E-state index contributed by atoms with van der Waals surface area (Å²) in [6.45, 7) is 0.545. The Balaban J connectivity index is 2.05. The first-order chi connectivity index (χ1) is 7.24. The van der Waals surface area contributed by atoms with Crippen molar-refractivity contribution in [2.24, 2.45) is 0 Å². The molecule has 0 saturated heterocycles. The predicted molar refractivity (Wildman–Crippen MR) is 60.1 cm³/mol. The molecule has 0 amide bonds. The molecule has 1 heterocycles. The maximum absolute atomic E-state index is 13.0. The molecule has 0 aliphatic rings. The zero-order valence-corrected chi connectivity index (χ0v) is 9.42. The third-order valence-corrected chi connectivity index (χ3v) is 2.37. The lowest BCUT2D eigenvalue weighted by molar-refractivity contribution is 0.518. The fourth-order valence-electron chi connectivity index (χ4n) is 1.26. The number of benzene rings is 1. The van der Waals surface area contributed by atoms with E-state index in [4.69, 9.17) is 4.42 Å². The molecule has 1 aromatic heterocycles. The second kappa shape index (κ2) is 4.49. The predicted octanol–water partition coefficient (Wildman–Crippen LogP) is 3.79. The lowest BCUT2D eigenvalue weighted by Crippen LogP contribution is -1.98. The second-order valence-electron chi connectivity index (χ2n) is 3.09. The lowest BCUT2D eigenvalue weighted by atomic mass is 10.3. The van der Waals surface area contributed by atoms with Crippen molar-refractivity contribution in [1.29, 1.82) is 0 Å². The Labute approximate surface area is 95.2 Å². The van der Waals surface area contributed by atoms with Crippen LogP contribution in [0, 0.1) is 5.82 Å². The molecule has 0 aliphatic carbocycles. The molecule has 0 spiro atoms. The van der Waals surface area contributed by atoms with E-state index in [0.29, 0.717) is 11.0 Å². The number of hydrogen-bond acceptors (Lipinski definition) is 2. The third kappa shape index (κ3) is 2.83. The normalized spacial score (nSPS) is 10.3. The minimum atomic E-state index is -0.272. The van der Waals surface area contributed by atoms with Gasteiger partial charge in [-0.2, -0.15) is 0 Å². The number of furan rings is 1. The van der Waals surface area contributed by atoms with Crippen molar-refractivity contribution in [3.63, 3.8) is 0 Å². The average molecular weight is 270 g/mol. The zero-order valence-electron chi connectivity index (χ0n) is 7.84. The number of nitrogens with one attached hydrogen (secondary N) is 1. The highest BCUT2D eigenvalue weighted by Crippen LogP contribution is 2.19. The molecule has 0 unspecified atom stereocenters. The zero-order chi connectivity index (χ0) is 10.7. The van der Waals surface area contributed by atoms with Crippen LogP contribution in [0.2, 0.25) is 0 Å². The van der Waals surface area contributed by atoms with Gasteiger partial charge in [-0.25, -0.2) is 4.39 Å². The molecule has 0 saturated carbocycles. The quantitative estimate of drug-likeness (QED) is 0.917. The van der Waals surface area contributed by atoms with Crippen molar-refractivity contribution in [2.45, 2.75) is 6.54 Å². The summed E-state index contributed by atoms with van der Waals surface area (Å²) in [5.41, 5.74) is 0.721. The van der Waals surface area contributed by atoms with Crippen LogP contribution < -0.4 is 5.32 Å². The number of anilines is 1. The van der Waals surface area contributed by atoms with E-state index in [9.17, 15) is 4.39 Å². The highest BCUT2D eigenvalue weighted by Gasteiger charge is 1.99. The van der Waals surface area contributed by atoms with Crippen molar-refractivity contribution in [3.05, 3.63) is 52.6 Å². The summed E-state index contributed by atoms with van der Waals surface area (Å²) >= 11 is 3.23. The summed E-state index contributed by atoms with van der Waals surface area (Å²) in [6.07, 6.45) is 1.61. The van der Waals surface area contributed by atoms with Crippen molar-refractivity contribution >= 4 is 21.6 Å². The van der Waals surface area contributed by atoms with E-state index in [0.717, 1.165) is 11.4 Å². The van der Waals surface area contributed by atoms with Gasteiger partial charge in [0.2, 0.25) is 0 Å². The van der Waals surface area contributed by atoms with E-state index in [1.807, 2.05) is 18.2 Å². The largest absolute Gasteiger partial charge is 0.467 e. The average Bonchev–Trinajstić information content (AvgIpc) is 2.65. The minimum Gasteiger partial charge on any atom is -0.467 e. The van der Waals surface area contributed by atoms with E-state index in [1.165, 1.54) is 12.1 Å². The van der Waals surface area contributed by atoms with E-state index >= 15 is 0 Å². The van der Waals surface area contributed by atoms with Gasteiger partial charge in [-0.3, -0.25) is 0 Å². The number of halogens is 2. The molecule has 78 valence electrons. The van der Waals surface area contributed by atoms with Crippen LogP contribution in [-0.4, -0.2) is 0 Å². The Morgan fingerprint density at radius 1 is 1.33 bits per heavy atom. The summed E-state index contributed by atoms with van der Waals surface area (Å²) in [5, 5.41) is 3.06. The molecule has 1 N–H and O–H groups in total. The van der Waals surface area contributed by atoms with Gasteiger partial charge in [0.25, 0.3) is 0 Å². The summed E-state index contributed by atoms with van der Waals surface area (Å²) in [7, 11) is 0. The van der Waals surface area contributed by atoms with E-state index in [2.05, 4.69) is 21.2 Å². The molecule has 2 nitrogen and oxygen atoms in total. The fourth-order valence-corrected chi connectivity index (χ4v) is 1.72. The van der Waals surface area contributed by atoms with Crippen molar-refractivity contribution in [3.8, 4) is 0 Å². The van der Waals surface area contributed by atoms with Crippen LogP contribution in [-0.2, 0) is 6.54 Å². The van der Waals surface area contributed by atoms with E-state index < -0.39 is 0 Å². The first-order valence-electron chi connectivity index (χ1n) is 4.46. The van der Waals surface area contributed by atoms with Crippen LogP contribution in [0.4, 0.5) is 10.1 Å². The third-order valence-electron chi connectivity index (χ3n) is 1.91. The maximum Gasteiger partial charge on any atom is 0.126 e. The Hall–Kier alpha value is -1.29. The van der Waals surface area contributed by atoms with Gasteiger partial charge >= 0.3 is 0 Å². The van der Waals surface area contributed by atoms with Gasteiger partial charge in [0.1, 0.15) is 11.6 Å². The molecule has 0 fully saturated rings. The van der Waals surface area contributed by atoms with Gasteiger partial charge in [0.05, 0.1) is 12.8 Å². The minimum absolute atomic E-state index is 0.272. The molecule has 15 heavy (non-hydrogen) atoms. The Morgan fingerprint density at radius 2 is 2.20 bits per heavy atom. The highest BCUT2D eigenvalue weighted by atomic mass is 79.9. The summed E-state index contributed by atoms with van der Waals surface area (Å²) in [4.78, 5) is 0. The highest BCUT2D eigenvalue weighted by molar-refractivity contribution is 9.10. The van der Waals surface area contributed by atoms with Crippen LogP contribution >= 0.6 is 15.9 Å². The molecule has 2 aromatic rings. The molecule has 1 aromatic carbocycles. The van der Waals surface area contributed by atoms with Crippen molar-refractivity contribution in [2.75, 3.05) is 5.32 Å². The molecular weight excluding hydrogens is 261 g/mol. The monoisotopic (exact) mass is 269 g/mol. The first-order valence-corrected chi connectivity index (χ1v) is 5.26. The molecule has 0 atom stereocenters. The van der Waals surface area contributed by atoms with Crippen LogP contribution in [0.15, 0.2) is 45.5 Å². The molecule has 2 rings (SSSR count). The Bertz CT molecular complexity index is 422. The van der Waals surface area contributed by atoms with Crippen molar-refractivity contribution in [1.82, 2.24) is 0 Å². The summed E-state index contributed by atoms with van der Waals surface area (Å²) in [6, 6.07) is 8.34. The van der Waals surface area contributed by atoms with Gasteiger partial charge in [-0.15, -0.1) is 0 Å². The number of hydrogen-bond donors (Lipinski definition) is 1. The Kier molecular flexibility index (Phi) is 3.06. The SMILES string of the molecule is Fc1cc(Br)cc(NCc2ccco2)c1. The van der Waals surface area contributed by atoms with Gasteiger partial charge in [-0.1, -0.05) is 15.9 Å². The summed E-state index contributed by atoms with van der Waals surface area (Å²) < 4.78 is 18.9.